The number of hydrogen-bond acceptors (Lipinski definition) is 4. The molecule has 0 amide bonds. The highest BCUT2D eigenvalue weighted by atomic mass is 32.2. The highest BCUT2D eigenvalue weighted by molar-refractivity contribution is 8.01. The molecule has 0 radical (unpaired) electrons. The summed E-state index contributed by atoms with van der Waals surface area (Å²) in [7, 11) is 0. The topological polar surface area (TPSA) is 30.7 Å². The fourth-order valence-corrected chi connectivity index (χ4v) is 4.59. The molecular formula is C17H21N3S2. The van der Waals surface area contributed by atoms with Crippen LogP contribution in [0.15, 0.2) is 34.8 Å². The van der Waals surface area contributed by atoms with Crippen molar-refractivity contribution in [2.75, 3.05) is 5.75 Å². The van der Waals surface area contributed by atoms with Crippen LogP contribution in [0.1, 0.15) is 30.5 Å². The lowest BCUT2D eigenvalue weighted by atomic mass is 10.3. The molecule has 5 heteroatoms. The Morgan fingerprint density at radius 3 is 2.86 bits per heavy atom. The van der Waals surface area contributed by atoms with Crippen molar-refractivity contribution in [3.63, 3.8) is 0 Å². The second-order valence-electron chi connectivity index (χ2n) is 5.31. The zero-order chi connectivity index (χ0) is 15.4. The Balaban J connectivity index is 1.55. The largest absolute Gasteiger partial charge is 0.328 e. The Bertz CT molecular complexity index is 745. The normalized spacial score (nSPS) is 11.4. The molecule has 3 aromatic rings. The molecule has 3 nitrogen and oxygen atoms in total. The zero-order valence-electron chi connectivity index (χ0n) is 13.1. The lowest BCUT2D eigenvalue weighted by Gasteiger charge is -2.07. The van der Waals surface area contributed by atoms with E-state index in [-0.39, 0.29) is 0 Å². The van der Waals surface area contributed by atoms with Gasteiger partial charge in [0.05, 0.1) is 11.0 Å². The number of fused-ring (bicyclic) bond motifs is 1. The second kappa shape index (κ2) is 7.29. The summed E-state index contributed by atoms with van der Waals surface area (Å²) in [6.45, 7) is 5.34. The molecule has 3 rings (SSSR count). The maximum Gasteiger partial charge on any atom is 0.150 e. The van der Waals surface area contributed by atoms with Gasteiger partial charge >= 0.3 is 0 Å². The third-order valence-electron chi connectivity index (χ3n) is 3.65. The van der Waals surface area contributed by atoms with Crippen molar-refractivity contribution in [3.8, 4) is 0 Å². The average molecular weight is 332 g/mol. The summed E-state index contributed by atoms with van der Waals surface area (Å²) in [6, 6.07) is 8.44. The van der Waals surface area contributed by atoms with Crippen LogP contribution in [-0.2, 0) is 13.0 Å². The quantitative estimate of drug-likeness (QED) is 0.454. The molecular weight excluding hydrogens is 310 g/mol. The van der Waals surface area contributed by atoms with Crippen molar-refractivity contribution in [1.82, 2.24) is 14.5 Å². The molecule has 116 valence electrons. The van der Waals surface area contributed by atoms with Gasteiger partial charge in [0, 0.05) is 29.8 Å². The predicted molar refractivity (Wildman–Crippen MR) is 95.9 cm³/mol. The molecule has 0 bridgehead atoms. The number of thiazole rings is 1. The SMILES string of the molecule is CCc1nc2ccccc2n1CCCCSc1ncc(C)s1. The van der Waals surface area contributed by atoms with E-state index in [1.165, 1.54) is 33.4 Å². The van der Waals surface area contributed by atoms with E-state index in [1.807, 2.05) is 18.0 Å². The fourth-order valence-electron chi connectivity index (χ4n) is 2.58. The summed E-state index contributed by atoms with van der Waals surface area (Å²) >= 11 is 3.66. The van der Waals surface area contributed by atoms with E-state index in [1.54, 1.807) is 11.3 Å². The summed E-state index contributed by atoms with van der Waals surface area (Å²) < 4.78 is 3.58. The van der Waals surface area contributed by atoms with Crippen LogP contribution in [0.3, 0.4) is 0 Å². The molecule has 22 heavy (non-hydrogen) atoms. The van der Waals surface area contributed by atoms with Crippen LogP contribution in [0.5, 0.6) is 0 Å². The highest BCUT2D eigenvalue weighted by Crippen LogP contribution is 2.24. The molecule has 0 aliphatic carbocycles. The van der Waals surface area contributed by atoms with Crippen molar-refractivity contribution in [2.24, 2.45) is 0 Å². The minimum Gasteiger partial charge on any atom is -0.328 e. The highest BCUT2D eigenvalue weighted by Gasteiger charge is 2.08. The van der Waals surface area contributed by atoms with E-state index < -0.39 is 0 Å². The van der Waals surface area contributed by atoms with Gasteiger partial charge in [-0.3, -0.25) is 0 Å². The first-order valence-electron chi connectivity index (χ1n) is 7.77. The minimum atomic E-state index is 0.988. The molecule has 0 atom stereocenters. The van der Waals surface area contributed by atoms with Crippen LogP contribution in [-0.4, -0.2) is 20.3 Å². The van der Waals surface area contributed by atoms with Crippen molar-refractivity contribution >= 4 is 34.1 Å². The third-order valence-corrected chi connectivity index (χ3v) is 5.81. The van der Waals surface area contributed by atoms with Gasteiger partial charge < -0.3 is 4.57 Å². The lowest BCUT2D eigenvalue weighted by molar-refractivity contribution is 0.622. The van der Waals surface area contributed by atoms with Gasteiger partial charge in [-0.1, -0.05) is 30.8 Å². The summed E-state index contributed by atoms with van der Waals surface area (Å²) in [5.41, 5.74) is 2.38. The first-order chi connectivity index (χ1) is 10.8. The van der Waals surface area contributed by atoms with Crippen molar-refractivity contribution in [2.45, 2.75) is 44.0 Å². The van der Waals surface area contributed by atoms with Crippen molar-refractivity contribution < 1.29 is 0 Å². The fraction of sp³-hybridized carbons (Fsp3) is 0.412. The molecule has 0 aliphatic heterocycles. The van der Waals surface area contributed by atoms with Gasteiger partial charge in [-0.15, -0.1) is 11.3 Å². The number of unbranched alkanes of at least 4 members (excludes halogenated alkanes) is 1. The number of imidazole rings is 1. The standard InChI is InChI=1S/C17H21N3S2/c1-3-16-19-14-8-4-5-9-15(14)20(16)10-6-7-11-21-17-18-12-13(2)22-17/h4-5,8-9,12H,3,6-7,10-11H2,1-2H3. The Labute approximate surface area is 139 Å². The number of benzene rings is 1. The molecule has 0 spiro atoms. The number of thioether (sulfide) groups is 1. The van der Waals surface area contributed by atoms with Crippen molar-refractivity contribution in [3.05, 3.63) is 41.2 Å². The second-order valence-corrected chi connectivity index (χ2v) is 7.89. The number of aryl methyl sites for hydroxylation is 3. The minimum absolute atomic E-state index is 0.988. The zero-order valence-corrected chi connectivity index (χ0v) is 14.7. The molecule has 0 saturated heterocycles. The van der Waals surface area contributed by atoms with Crippen molar-refractivity contribution in [1.29, 1.82) is 0 Å². The Kier molecular flexibility index (Phi) is 5.16. The van der Waals surface area contributed by atoms with Gasteiger partial charge in [-0.05, 0) is 31.9 Å². The van der Waals surface area contributed by atoms with Gasteiger partial charge in [0.15, 0.2) is 0 Å². The molecule has 0 N–H and O–H groups in total. The molecule has 2 aromatic heterocycles. The number of para-hydroxylation sites is 2. The van der Waals surface area contributed by atoms with Crippen LogP contribution in [0, 0.1) is 6.92 Å². The van der Waals surface area contributed by atoms with Gasteiger partial charge in [0.1, 0.15) is 10.2 Å². The van der Waals surface area contributed by atoms with Crippen LogP contribution >= 0.6 is 23.1 Å². The Morgan fingerprint density at radius 2 is 2.09 bits per heavy atom. The summed E-state index contributed by atoms with van der Waals surface area (Å²) in [5.74, 6) is 2.34. The van der Waals surface area contributed by atoms with Crippen LogP contribution < -0.4 is 0 Å². The van der Waals surface area contributed by atoms with E-state index in [9.17, 15) is 0 Å². The number of nitrogens with zero attached hydrogens (tertiary/aromatic N) is 3. The van der Waals surface area contributed by atoms with Crippen LogP contribution in [0.4, 0.5) is 0 Å². The molecule has 1 aromatic carbocycles. The first-order valence-corrected chi connectivity index (χ1v) is 9.57. The maximum atomic E-state index is 4.73. The van der Waals surface area contributed by atoms with E-state index in [0.717, 1.165) is 24.2 Å². The molecule has 0 unspecified atom stereocenters. The predicted octanol–water partition coefficient (Wildman–Crippen LogP) is 4.94. The van der Waals surface area contributed by atoms with Gasteiger partial charge in [-0.25, -0.2) is 9.97 Å². The first kappa shape index (κ1) is 15.6. The summed E-state index contributed by atoms with van der Waals surface area (Å²) in [5, 5.41) is 0. The lowest BCUT2D eigenvalue weighted by Crippen LogP contribution is -2.03. The Morgan fingerprint density at radius 1 is 1.23 bits per heavy atom. The van der Waals surface area contributed by atoms with Gasteiger partial charge in [0.25, 0.3) is 0 Å². The molecule has 0 saturated carbocycles. The maximum absolute atomic E-state index is 4.73. The van der Waals surface area contributed by atoms with E-state index in [2.05, 4.69) is 47.7 Å². The number of hydrogen-bond donors (Lipinski definition) is 0. The van der Waals surface area contributed by atoms with Gasteiger partial charge in [0.2, 0.25) is 0 Å². The molecule has 0 fully saturated rings. The molecule has 2 heterocycles. The van der Waals surface area contributed by atoms with E-state index in [0.29, 0.717) is 0 Å². The molecule has 0 aliphatic rings. The van der Waals surface area contributed by atoms with Gasteiger partial charge in [-0.2, -0.15) is 0 Å². The number of rotatable bonds is 7. The number of aromatic nitrogens is 3. The average Bonchev–Trinajstić information content (AvgIpc) is 3.10. The monoisotopic (exact) mass is 331 g/mol. The van der Waals surface area contributed by atoms with Crippen LogP contribution in [0.2, 0.25) is 0 Å². The summed E-state index contributed by atoms with van der Waals surface area (Å²) in [4.78, 5) is 10.4. The third kappa shape index (κ3) is 3.52. The van der Waals surface area contributed by atoms with E-state index in [4.69, 9.17) is 4.98 Å². The van der Waals surface area contributed by atoms with E-state index >= 15 is 0 Å². The Hall–Kier alpha value is -1.33. The van der Waals surface area contributed by atoms with Crippen LogP contribution in [0.25, 0.3) is 11.0 Å². The summed E-state index contributed by atoms with van der Waals surface area (Å²) in [6.07, 6.45) is 5.34. The smallest absolute Gasteiger partial charge is 0.150 e.